The minimum absolute atomic E-state index is 0.587. The predicted octanol–water partition coefficient (Wildman–Crippen LogP) is 5.74. The van der Waals surface area contributed by atoms with Crippen LogP contribution in [0, 0.1) is 0 Å². The Morgan fingerprint density at radius 3 is 2.33 bits per heavy atom. The summed E-state index contributed by atoms with van der Waals surface area (Å²) in [6.07, 6.45) is 1.16. The first-order valence-electron chi connectivity index (χ1n) is 7.35. The topological polar surface area (TPSA) is 12.5 Å². The molecular weight excluding hydrogens is 373 g/mol. The summed E-state index contributed by atoms with van der Waals surface area (Å²) >= 11 is 2.50. The van der Waals surface area contributed by atoms with Gasteiger partial charge in [-0.05, 0) is 43.2 Å². The van der Waals surface area contributed by atoms with Crippen LogP contribution in [0.1, 0.15) is 29.8 Å². The molecule has 0 saturated carbocycles. The maximum Gasteiger partial charge on any atom is 0.120 e. The number of ether oxygens (including phenoxy) is 1. The van der Waals surface area contributed by atoms with Gasteiger partial charge in [-0.3, -0.25) is 0 Å². The molecule has 0 aliphatic rings. The molecule has 0 radical (unpaired) electrons. The van der Waals surface area contributed by atoms with Crippen molar-refractivity contribution in [1.29, 1.82) is 0 Å². The zero-order valence-electron chi connectivity index (χ0n) is 12.8. The Bertz CT molecular complexity index is 568. The van der Waals surface area contributed by atoms with E-state index in [4.69, 9.17) is 4.74 Å². The zero-order valence-corrected chi connectivity index (χ0v) is 15.0. The molecule has 0 N–H and O–H groups in total. The highest BCUT2D eigenvalue weighted by Gasteiger charge is 2.10. The van der Waals surface area contributed by atoms with Crippen LogP contribution in [0.5, 0.6) is 5.75 Å². The molecule has 0 aliphatic heterocycles. The quantitative estimate of drug-likeness (QED) is 0.457. The van der Waals surface area contributed by atoms with E-state index in [0.717, 1.165) is 24.4 Å². The van der Waals surface area contributed by atoms with Gasteiger partial charge in [0.15, 0.2) is 0 Å². The minimum Gasteiger partial charge on any atom is -0.497 e. The molecule has 0 saturated heterocycles. The van der Waals surface area contributed by atoms with E-state index in [1.54, 1.807) is 7.11 Å². The standard InChI is InChI=1S/C18H22INO/c1-4-18(19)14-9-11-15(12-10-14)20(5-2)16-7-6-8-17(13-16)21-3/h6-13,18H,4-5H2,1-3H3. The lowest BCUT2D eigenvalue weighted by molar-refractivity contribution is 0.415. The van der Waals surface area contributed by atoms with Crippen LogP contribution in [-0.4, -0.2) is 13.7 Å². The van der Waals surface area contributed by atoms with E-state index in [2.05, 4.69) is 77.7 Å². The van der Waals surface area contributed by atoms with Crippen molar-refractivity contribution in [3.8, 4) is 5.75 Å². The van der Waals surface area contributed by atoms with Crippen LogP contribution in [-0.2, 0) is 0 Å². The van der Waals surface area contributed by atoms with Gasteiger partial charge in [-0.2, -0.15) is 0 Å². The third-order valence-corrected chi connectivity index (χ3v) is 5.21. The van der Waals surface area contributed by atoms with Gasteiger partial charge >= 0.3 is 0 Å². The Labute approximate surface area is 141 Å². The molecule has 2 aromatic rings. The normalized spacial score (nSPS) is 12.0. The van der Waals surface area contributed by atoms with Gasteiger partial charge in [0.05, 0.1) is 7.11 Å². The molecule has 1 atom stereocenters. The molecule has 0 aromatic heterocycles. The summed E-state index contributed by atoms with van der Waals surface area (Å²) in [5, 5.41) is 0. The van der Waals surface area contributed by atoms with Crippen molar-refractivity contribution in [1.82, 2.24) is 0 Å². The second-order valence-electron chi connectivity index (χ2n) is 4.91. The molecule has 21 heavy (non-hydrogen) atoms. The third-order valence-electron chi connectivity index (χ3n) is 3.61. The van der Waals surface area contributed by atoms with Crippen LogP contribution >= 0.6 is 22.6 Å². The van der Waals surface area contributed by atoms with E-state index in [1.165, 1.54) is 11.3 Å². The van der Waals surface area contributed by atoms with Crippen molar-refractivity contribution in [3.63, 3.8) is 0 Å². The van der Waals surface area contributed by atoms with Crippen molar-refractivity contribution >= 4 is 34.0 Å². The van der Waals surface area contributed by atoms with E-state index in [-0.39, 0.29) is 0 Å². The lowest BCUT2D eigenvalue weighted by atomic mass is 10.1. The van der Waals surface area contributed by atoms with E-state index in [0.29, 0.717) is 3.92 Å². The Hall–Kier alpha value is -1.23. The fourth-order valence-corrected chi connectivity index (χ4v) is 2.81. The number of alkyl halides is 1. The fraction of sp³-hybridized carbons (Fsp3) is 0.333. The minimum atomic E-state index is 0.587. The molecule has 2 nitrogen and oxygen atoms in total. The first-order chi connectivity index (χ1) is 10.2. The summed E-state index contributed by atoms with van der Waals surface area (Å²) < 4.78 is 5.91. The van der Waals surface area contributed by atoms with Gasteiger partial charge in [-0.25, -0.2) is 0 Å². The van der Waals surface area contributed by atoms with Crippen LogP contribution in [0.3, 0.4) is 0 Å². The van der Waals surface area contributed by atoms with Gasteiger partial charge < -0.3 is 9.64 Å². The number of halogens is 1. The summed E-state index contributed by atoms with van der Waals surface area (Å²) in [5.41, 5.74) is 3.77. The van der Waals surface area contributed by atoms with Crippen LogP contribution in [0.15, 0.2) is 48.5 Å². The molecular formula is C18H22INO. The van der Waals surface area contributed by atoms with E-state index >= 15 is 0 Å². The summed E-state index contributed by atoms with van der Waals surface area (Å²) in [5.74, 6) is 0.890. The van der Waals surface area contributed by atoms with Gasteiger partial charge in [-0.15, -0.1) is 0 Å². The smallest absolute Gasteiger partial charge is 0.120 e. The molecule has 0 fully saturated rings. The summed E-state index contributed by atoms with van der Waals surface area (Å²) in [6.45, 7) is 5.31. The van der Waals surface area contributed by atoms with Gasteiger partial charge in [0.1, 0.15) is 5.75 Å². The molecule has 0 aliphatic carbocycles. The van der Waals surface area contributed by atoms with Crippen molar-refractivity contribution < 1.29 is 4.74 Å². The van der Waals surface area contributed by atoms with Gasteiger partial charge in [0.25, 0.3) is 0 Å². The molecule has 2 aromatic carbocycles. The average Bonchev–Trinajstić information content (AvgIpc) is 2.55. The fourth-order valence-electron chi connectivity index (χ4n) is 2.39. The number of rotatable bonds is 6. The number of benzene rings is 2. The number of anilines is 2. The second kappa shape index (κ2) is 7.69. The number of methoxy groups -OCH3 is 1. The molecule has 1 unspecified atom stereocenters. The first kappa shape index (κ1) is 16.1. The lowest BCUT2D eigenvalue weighted by Crippen LogP contribution is -2.15. The van der Waals surface area contributed by atoms with E-state index in [9.17, 15) is 0 Å². The highest BCUT2D eigenvalue weighted by Crippen LogP contribution is 2.31. The first-order valence-corrected chi connectivity index (χ1v) is 8.59. The maximum absolute atomic E-state index is 5.32. The summed E-state index contributed by atoms with van der Waals surface area (Å²) in [7, 11) is 1.70. The van der Waals surface area contributed by atoms with Crippen LogP contribution in [0.4, 0.5) is 11.4 Å². The second-order valence-corrected chi connectivity index (χ2v) is 6.42. The van der Waals surface area contributed by atoms with E-state index in [1.807, 2.05) is 12.1 Å². The molecule has 3 heteroatoms. The van der Waals surface area contributed by atoms with Crippen LogP contribution in [0.2, 0.25) is 0 Å². The molecule has 0 bridgehead atoms. The van der Waals surface area contributed by atoms with Crippen molar-refractivity contribution in [2.24, 2.45) is 0 Å². The van der Waals surface area contributed by atoms with Crippen LogP contribution < -0.4 is 9.64 Å². The van der Waals surface area contributed by atoms with Crippen LogP contribution in [0.25, 0.3) is 0 Å². The molecule has 0 spiro atoms. The molecule has 0 heterocycles. The van der Waals surface area contributed by atoms with Gasteiger partial charge in [0.2, 0.25) is 0 Å². The largest absolute Gasteiger partial charge is 0.497 e. The van der Waals surface area contributed by atoms with Gasteiger partial charge in [-0.1, -0.05) is 47.7 Å². The lowest BCUT2D eigenvalue weighted by Gasteiger charge is -2.24. The molecule has 112 valence electrons. The maximum atomic E-state index is 5.32. The monoisotopic (exact) mass is 395 g/mol. The number of hydrogen-bond acceptors (Lipinski definition) is 2. The van der Waals surface area contributed by atoms with Crippen molar-refractivity contribution in [2.45, 2.75) is 24.2 Å². The average molecular weight is 395 g/mol. The predicted molar refractivity (Wildman–Crippen MR) is 99.2 cm³/mol. The number of hydrogen-bond donors (Lipinski definition) is 0. The third kappa shape index (κ3) is 3.90. The number of nitrogens with zero attached hydrogens (tertiary/aromatic N) is 1. The Balaban J connectivity index is 2.28. The highest BCUT2D eigenvalue weighted by molar-refractivity contribution is 14.1. The molecule has 0 amide bonds. The SMILES string of the molecule is CCC(I)c1ccc(N(CC)c2cccc(OC)c2)cc1. The summed E-state index contributed by atoms with van der Waals surface area (Å²) in [4.78, 5) is 2.29. The van der Waals surface area contributed by atoms with E-state index < -0.39 is 0 Å². The Morgan fingerprint density at radius 2 is 1.76 bits per heavy atom. The molecule has 2 rings (SSSR count). The summed E-state index contributed by atoms with van der Waals surface area (Å²) in [6, 6.07) is 17.1. The Kier molecular flexibility index (Phi) is 5.91. The highest BCUT2D eigenvalue weighted by atomic mass is 127. The van der Waals surface area contributed by atoms with Gasteiger partial charge in [0, 0.05) is 27.9 Å². The van der Waals surface area contributed by atoms with Crippen molar-refractivity contribution in [3.05, 3.63) is 54.1 Å². The zero-order chi connectivity index (χ0) is 15.2. The van der Waals surface area contributed by atoms with Crippen molar-refractivity contribution in [2.75, 3.05) is 18.6 Å². The Morgan fingerprint density at radius 1 is 1.05 bits per heavy atom.